The Morgan fingerprint density at radius 3 is 2.70 bits per heavy atom. The van der Waals surface area contributed by atoms with Gasteiger partial charge in [-0.3, -0.25) is 0 Å². The summed E-state index contributed by atoms with van der Waals surface area (Å²) in [6, 6.07) is 11.4. The monoisotopic (exact) mass is 268 g/mol. The average molecular weight is 268 g/mol. The van der Waals surface area contributed by atoms with Gasteiger partial charge in [0.15, 0.2) is 0 Å². The molecule has 0 heterocycles. The van der Waals surface area contributed by atoms with Crippen LogP contribution in [0.5, 0.6) is 5.75 Å². The van der Waals surface area contributed by atoms with E-state index in [2.05, 4.69) is 6.08 Å². The van der Waals surface area contributed by atoms with Crippen LogP contribution in [0.2, 0.25) is 0 Å². The summed E-state index contributed by atoms with van der Waals surface area (Å²) in [5.74, 6) is 0.551. The summed E-state index contributed by atoms with van der Waals surface area (Å²) in [5, 5.41) is 21.2. The maximum absolute atomic E-state index is 9.69. The van der Waals surface area contributed by atoms with Crippen LogP contribution in [-0.4, -0.2) is 23.3 Å². The summed E-state index contributed by atoms with van der Waals surface area (Å²) >= 11 is 0. The number of rotatable bonds is 3. The van der Waals surface area contributed by atoms with Crippen LogP contribution in [-0.2, 0) is 0 Å². The van der Waals surface area contributed by atoms with Gasteiger partial charge in [-0.2, -0.15) is 0 Å². The number of fused-ring (bicyclic) bond motifs is 1. The van der Waals surface area contributed by atoms with E-state index in [9.17, 15) is 10.0 Å². The minimum absolute atomic E-state index is 0.0161. The van der Waals surface area contributed by atoms with Crippen molar-refractivity contribution >= 4 is 23.4 Å². The first kappa shape index (κ1) is 13.2. The van der Waals surface area contributed by atoms with Gasteiger partial charge >= 0.3 is 7.12 Å². The molecule has 0 saturated carbocycles. The standard InChI is InChI=1S/C16H17BO3/c18-17(19)16-14-9-5-4-6-12(14)10-11-15(16)20-13-7-2-1-3-8-13/h2,4-7,9-11,13,18-19H,1,3,8H2. The third kappa shape index (κ3) is 2.57. The van der Waals surface area contributed by atoms with Crippen molar-refractivity contribution in [2.24, 2.45) is 0 Å². The lowest BCUT2D eigenvalue weighted by Crippen LogP contribution is -2.33. The zero-order valence-electron chi connectivity index (χ0n) is 11.2. The highest BCUT2D eigenvalue weighted by Gasteiger charge is 2.22. The molecule has 2 N–H and O–H groups in total. The SMILES string of the molecule is OB(O)c1c(OC2C=CCCC2)ccc2ccccc12. The highest BCUT2D eigenvalue weighted by molar-refractivity contribution is 6.63. The Balaban J connectivity index is 2.03. The molecular weight excluding hydrogens is 251 g/mol. The zero-order chi connectivity index (χ0) is 13.9. The molecule has 0 aliphatic heterocycles. The van der Waals surface area contributed by atoms with Crippen LogP contribution in [0.3, 0.4) is 0 Å². The predicted octanol–water partition coefficient (Wildman–Crippen LogP) is 2.01. The molecule has 1 unspecified atom stereocenters. The topological polar surface area (TPSA) is 49.7 Å². The summed E-state index contributed by atoms with van der Waals surface area (Å²) in [4.78, 5) is 0. The predicted molar refractivity (Wildman–Crippen MR) is 81.2 cm³/mol. The number of allylic oxidation sites excluding steroid dienone is 1. The molecule has 0 saturated heterocycles. The highest BCUT2D eigenvalue weighted by Crippen LogP contribution is 2.22. The summed E-state index contributed by atoms with van der Waals surface area (Å²) in [7, 11) is -1.54. The molecule has 0 aromatic heterocycles. The van der Waals surface area contributed by atoms with Gasteiger partial charge < -0.3 is 14.8 Å². The Hall–Kier alpha value is -1.78. The van der Waals surface area contributed by atoms with Crippen molar-refractivity contribution in [1.82, 2.24) is 0 Å². The number of ether oxygens (including phenoxy) is 1. The maximum Gasteiger partial charge on any atom is 0.492 e. The normalized spacial score (nSPS) is 18.2. The Bertz CT molecular complexity index is 637. The smallest absolute Gasteiger partial charge is 0.487 e. The van der Waals surface area contributed by atoms with Gasteiger partial charge in [-0.1, -0.05) is 36.4 Å². The Kier molecular flexibility index (Phi) is 3.76. The van der Waals surface area contributed by atoms with E-state index >= 15 is 0 Å². The zero-order valence-corrected chi connectivity index (χ0v) is 11.2. The third-order valence-electron chi connectivity index (χ3n) is 3.68. The summed E-state index contributed by atoms with van der Waals surface area (Å²) in [6.07, 6.45) is 7.34. The van der Waals surface area contributed by atoms with E-state index in [1.165, 1.54) is 0 Å². The highest BCUT2D eigenvalue weighted by atomic mass is 16.5. The number of benzene rings is 2. The third-order valence-corrected chi connectivity index (χ3v) is 3.68. The molecule has 3 rings (SSSR count). The van der Waals surface area contributed by atoms with Gasteiger partial charge in [0.2, 0.25) is 0 Å². The van der Waals surface area contributed by atoms with Gasteiger partial charge in [-0.05, 0) is 42.2 Å². The van der Waals surface area contributed by atoms with Gasteiger partial charge in [0.1, 0.15) is 11.9 Å². The lowest BCUT2D eigenvalue weighted by atomic mass is 9.76. The van der Waals surface area contributed by atoms with Crippen molar-refractivity contribution in [3.63, 3.8) is 0 Å². The van der Waals surface area contributed by atoms with E-state index in [1.807, 2.05) is 42.5 Å². The molecule has 1 aliphatic carbocycles. The molecule has 0 bridgehead atoms. The fourth-order valence-corrected chi connectivity index (χ4v) is 2.69. The van der Waals surface area contributed by atoms with Gasteiger partial charge in [-0.25, -0.2) is 0 Å². The average Bonchev–Trinajstić information content (AvgIpc) is 2.47. The molecule has 0 radical (unpaired) electrons. The van der Waals surface area contributed by atoms with E-state index in [1.54, 1.807) is 0 Å². The molecule has 0 spiro atoms. The molecule has 2 aromatic carbocycles. The van der Waals surface area contributed by atoms with Crippen LogP contribution >= 0.6 is 0 Å². The van der Waals surface area contributed by atoms with Crippen LogP contribution in [0.15, 0.2) is 48.6 Å². The minimum Gasteiger partial charge on any atom is -0.487 e. The molecule has 2 aromatic rings. The summed E-state index contributed by atoms with van der Waals surface area (Å²) < 4.78 is 5.95. The maximum atomic E-state index is 9.69. The lowest BCUT2D eigenvalue weighted by molar-refractivity contribution is 0.231. The van der Waals surface area contributed by atoms with Crippen molar-refractivity contribution in [3.8, 4) is 5.75 Å². The van der Waals surface area contributed by atoms with E-state index in [0.717, 1.165) is 30.0 Å². The lowest BCUT2D eigenvalue weighted by Gasteiger charge is -2.21. The molecule has 20 heavy (non-hydrogen) atoms. The quantitative estimate of drug-likeness (QED) is 0.661. The van der Waals surface area contributed by atoms with Crippen molar-refractivity contribution < 1.29 is 14.8 Å². The number of hydrogen-bond donors (Lipinski definition) is 2. The molecule has 0 fully saturated rings. The molecule has 0 amide bonds. The molecule has 102 valence electrons. The fraction of sp³-hybridized carbons (Fsp3) is 0.250. The summed E-state index contributed by atoms with van der Waals surface area (Å²) in [6.45, 7) is 0. The van der Waals surface area contributed by atoms with E-state index in [0.29, 0.717) is 11.2 Å². The second-order valence-corrected chi connectivity index (χ2v) is 5.09. The number of hydrogen-bond acceptors (Lipinski definition) is 3. The van der Waals surface area contributed by atoms with Crippen LogP contribution < -0.4 is 10.2 Å². The Morgan fingerprint density at radius 2 is 1.95 bits per heavy atom. The first-order valence-corrected chi connectivity index (χ1v) is 6.97. The Morgan fingerprint density at radius 1 is 1.10 bits per heavy atom. The van der Waals surface area contributed by atoms with Gasteiger partial charge in [0.25, 0.3) is 0 Å². The minimum atomic E-state index is -1.54. The second kappa shape index (κ2) is 5.69. The van der Waals surface area contributed by atoms with Crippen LogP contribution in [0.1, 0.15) is 19.3 Å². The van der Waals surface area contributed by atoms with Gasteiger partial charge in [0, 0.05) is 5.46 Å². The van der Waals surface area contributed by atoms with Gasteiger partial charge in [0.05, 0.1) is 0 Å². The Labute approximate surface area is 118 Å². The van der Waals surface area contributed by atoms with Crippen molar-refractivity contribution in [3.05, 3.63) is 48.6 Å². The van der Waals surface area contributed by atoms with Crippen molar-refractivity contribution in [2.45, 2.75) is 25.4 Å². The molecule has 4 heteroatoms. The van der Waals surface area contributed by atoms with Crippen LogP contribution in [0.25, 0.3) is 10.8 Å². The van der Waals surface area contributed by atoms with E-state index in [-0.39, 0.29) is 6.10 Å². The molecule has 3 nitrogen and oxygen atoms in total. The van der Waals surface area contributed by atoms with Crippen LogP contribution in [0, 0.1) is 0 Å². The van der Waals surface area contributed by atoms with E-state index in [4.69, 9.17) is 4.74 Å². The van der Waals surface area contributed by atoms with Crippen molar-refractivity contribution in [2.75, 3.05) is 0 Å². The van der Waals surface area contributed by atoms with E-state index < -0.39 is 7.12 Å². The fourth-order valence-electron chi connectivity index (χ4n) is 2.69. The largest absolute Gasteiger partial charge is 0.492 e. The molecule has 1 atom stereocenters. The summed E-state index contributed by atoms with van der Waals surface area (Å²) in [5.41, 5.74) is 0.446. The first-order chi connectivity index (χ1) is 9.75. The first-order valence-electron chi connectivity index (χ1n) is 6.97. The van der Waals surface area contributed by atoms with Crippen LogP contribution in [0.4, 0.5) is 0 Å². The second-order valence-electron chi connectivity index (χ2n) is 5.09. The van der Waals surface area contributed by atoms with Gasteiger partial charge in [-0.15, -0.1) is 0 Å². The van der Waals surface area contributed by atoms with Crippen molar-refractivity contribution in [1.29, 1.82) is 0 Å². The molecular formula is C16H17BO3. The molecule has 1 aliphatic rings.